The normalized spacial score (nSPS) is 16.1. The van der Waals surface area contributed by atoms with Crippen LogP contribution < -0.4 is 5.32 Å². The Morgan fingerprint density at radius 2 is 1.83 bits per heavy atom. The predicted octanol–water partition coefficient (Wildman–Crippen LogP) is 2.98. The summed E-state index contributed by atoms with van der Waals surface area (Å²) in [6, 6.07) is 1.23. The van der Waals surface area contributed by atoms with Crippen molar-refractivity contribution >= 4 is 0 Å². The minimum Gasteiger partial charge on any atom is -0.312 e. The molecule has 1 heteroatoms. The Balaban J connectivity index is 3.53. The van der Waals surface area contributed by atoms with Gasteiger partial charge < -0.3 is 5.32 Å². The second-order valence-electron chi connectivity index (χ2n) is 3.97. The lowest BCUT2D eigenvalue weighted by atomic mass is 10.0. The summed E-state index contributed by atoms with van der Waals surface area (Å²) >= 11 is 0. The number of hydrogen-bond acceptors (Lipinski definition) is 1. The van der Waals surface area contributed by atoms with Gasteiger partial charge in [0.25, 0.3) is 0 Å². The van der Waals surface area contributed by atoms with Crippen molar-refractivity contribution in [3.63, 3.8) is 0 Å². The Labute approximate surface area is 77.2 Å². The zero-order valence-electron chi connectivity index (χ0n) is 8.93. The van der Waals surface area contributed by atoms with Crippen LogP contribution in [0.1, 0.15) is 40.5 Å². The first-order valence-corrected chi connectivity index (χ1v) is 4.94. The van der Waals surface area contributed by atoms with Crippen LogP contribution in [0.2, 0.25) is 0 Å². The average molecular weight is 169 g/mol. The highest BCUT2D eigenvalue weighted by Crippen LogP contribution is 2.04. The van der Waals surface area contributed by atoms with E-state index in [9.17, 15) is 0 Å². The number of hydrogen-bond donors (Lipinski definition) is 1. The van der Waals surface area contributed by atoms with E-state index in [-0.39, 0.29) is 0 Å². The second kappa shape index (κ2) is 6.24. The molecule has 0 saturated heterocycles. The summed E-state index contributed by atoms with van der Waals surface area (Å²) in [4.78, 5) is 0. The van der Waals surface area contributed by atoms with E-state index in [0.717, 1.165) is 12.3 Å². The van der Waals surface area contributed by atoms with E-state index in [1.165, 1.54) is 6.42 Å². The zero-order valence-corrected chi connectivity index (χ0v) is 8.93. The Morgan fingerprint density at radius 3 is 2.25 bits per heavy atom. The van der Waals surface area contributed by atoms with E-state index in [1.807, 2.05) is 6.08 Å². The molecule has 0 radical (unpaired) electrons. The summed E-state index contributed by atoms with van der Waals surface area (Å²) in [6.45, 7) is 12.7. The Kier molecular flexibility index (Phi) is 6.09. The zero-order chi connectivity index (χ0) is 9.56. The molecule has 0 aliphatic carbocycles. The molecule has 0 aromatic carbocycles. The van der Waals surface area contributed by atoms with Crippen LogP contribution in [0.3, 0.4) is 0 Å². The van der Waals surface area contributed by atoms with E-state index >= 15 is 0 Å². The van der Waals surface area contributed by atoms with Crippen molar-refractivity contribution in [2.24, 2.45) is 5.92 Å². The molecule has 0 aliphatic heterocycles. The van der Waals surface area contributed by atoms with Gasteiger partial charge in [-0.25, -0.2) is 0 Å². The van der Waals surface area contributed by atoms with Crippen molar-refractivity contribution in [2.75, 3.05) is 0 Å². The lowest BCUT2D eigenvalue weighted by Crippen LogP contribution is -2.37. The summed E-state index contributed by atoms with van der Waals surface area (Å²) in [6.07, 6.45) is 4.29. The predicted molar refractivity (Wildman–Crippen MR) is 56.3 cm³/mol. The molecule has 0 amide bonds. The van der Waals surface area contributed by atoms with E-state index in [0.29, 0.717) is 12.1 Å². The van der Waals surface area contributed by atoms with E-state index in [1.54, 1.807) is 0 Å². The molecule has 2 unspecified atom stereocenters. The molecule has 0 heterocycles. The minimum absolute atomic E-state index is 0.611. The van der Waals surface area contributed by atoms with Gasteiger partial charge in [-0.15, -0.1) is 6.58 Å². The van der Waals surface area contributed by atoms with Gasteiger partial charge in [0, 0.05) is 12.1 Å². The Bertz CT molecular complexity index is 118. The maximum Gasteiger partial charge on any atom is 0.00642 e. The number of rotatable bonds is 6. The SMILES string of the molecule is C=CCCC(C)NC(C)C(C)C. The first-order chi connectivity index (χ1) is 5.57. The average Bonchev–Trinajstić information content (AvgIpc) is 2.00. The van der Waals surface area contributed by atoms with Crippen molar-refractivity contribution in [3.8, 4) is 0 Å². The van der Waals surface area contributed by atoms with Gasteiger partial charge in [0.05, 0.1) is 0 Å². The molecule has 2 atom stereocenters. The Morgan fingerprint density at radius 1 is 1.25 bits per heavy atom. The largest absolute Gasteiger partial charge is 0.312 e. The van der Waals surface area contributed by atoms with Gasteiger partial charge in [-0.2, -0.15) is 0 Å². The van der Waals surface area contributed by atoms with Gasteiger partial charge in [0.1, 0.15) is 0 Å². The fourth-order valence-corrected chi connectivity index (χ4v) is 1.09. The third-order valence-corrected chi connectivity index (χ3v) is 2.35. The lowest BCUT2D eigenvalue weighted by molar-refractivity contribution is 0.374. The monoisotopic (exact) mass is 169 g/mol. The van der Waals surface area contributed by atoms with Gasteiger partial charge in [0.15, 0.2) is 0 Å². The van der Waals surface area contributed by atoms with Crippen LogP contribution in [0.4, 0.5) is 0 Å². The van der Waals surface area contributed by atoms with Crippen LogP contribution >= 0.6 is 0 Å². The topological polar surface area (TPSA) is 12.0 Å². The molecule has 0 rings (SSSR count). The molecule has 0 bridgehead atoms. The highest BCUT2D eigenvalue weighted by atomic mass is 14.9. The summed E-state index contributed by atoms with van der Waals surface area (Å²) in [5, 5.41) is 3.57. The van der Waals surface area contributed by atoms with Gasteiger partial charge >= 0.3 is 0 Å². The van der Waals surface area contributed by atoms with Gasteiger partial charge in [-0.05, 0) is 32.6 Å². The van der Waals surface area contributed by atoms with E-state index in [2.05, 4.69) is 39.6 Å². The molecule has 0 spiro atoms. The van der Waals surface area contributed by atoms with Crippen LogP contribution in [0.15, 0.2) is 12.7 Å². The molecular weight excluding hydrogens is 146 g/mol. The highest BCUT2D eigenvalue weighted by Gasteiger charge is 2.09. The van der Waals surface area contributed by atoms with Crippen LogP contribution in [0.5, 0.6) is 0 Å². The molecule has 0 fully saturated rings. The Hall–Kier alpha value is -0.300. The molecule has 72 valence electrons. The fourth-order valence-electron chi connectivity index (χ4n) is 1.09. The van der Waals surface area contributed by atoms with Crippen molar-refractivity contribution in [1.29, 1.82) is 0 Å². The first kappa shape index (κ1) is 11.7. The highest BCUT2D eigenvalue weighted by molar-refractivity contribution is 4.74. The number of allylic oxidation sites excluding steroid dienone is 1. The third-order valence-electron chi connectivity index (χ3n) is 2.35. The minimum atomic E-state index is 0.611. The standard InChI is InChI=1S/C11H23N/c1-6-7-8-10(4)12-11(5)9(2)3/h6,9-12H,1,7-8H2,2-5H3. The molecule has 1 N–H and O–H groups in total. The van der Waals surface area contributed by atoms with Crippen LogP contribution in [0, 0.1) is 5.92 Å². The van der Waals surface area contributed by atoms with Gasteiger partial charge in [-0.1, -0.05) is 19.9 Å². The van der Waals surface area contributed by atoms with E-state index in [4.69, 9.17) is 0 Å². The maximum atomic E-state index is 3.72. The molecule has 1 nitrogen and oxygen atoms in total. The van der Waals surface area contributed by atoms with Crippen molar-refractivity contribution in [1.82, 2.24) is 5.32 Å². The summed E-state index contributed by atoms with van der Waals surface area (Å²) in [5.41, 5.74) is 0. The lowest BCUT2D eigenvalue weighted by Gasteiger charge is -2.22. The van der Waals surface area contributed by atoms with Gasteiger partial charge in [0.2, 0.25) is 0 Å². The van der Waals surface area contributed by atoms with Crippen molar-refractivity contribution in [3.05, 3.63) is 12.7 Å². The quantitative estimate of drug-likeness (QED) is 0.603. The molecule has 0 aromatic rings. The summed E-state index contributed by atoms with van der Waals surface area (Å²) in [7, 11) is 0. The van der Waals surface area contributed by atoms with Crippen LogP contribution in [0.25, 0.3) is 0 Å². The maximum absolute atomic E-state index is 3.72. The van der Waals surface area contributed by atoms with Crippen molar-refractivity contribution in [2.45, 2.75) is 52.6 Å². The molecule has 12 heavy (non-hydrogen) atoms. The molecular formula is C11H23N. The fraction of sp³-hybridized carbons (Fsp3) is 0.818. The second-order valence-corrected chi connectivity index (χ2v) is 3.97. The summed E-state index contributed by atoms with van der Waals surface area (Å²) in [5.74, 6) is 0.719. The molecule has 0 aliphatic rings. The van der Waals surface area contributed by atoms with E-state index < -0.39 is 0 Å². The van der Waals surface area contributed by atoms with Gasteiger partial charge in [-0.3, -0.25) is 0 Å². The summed E-state index contributed by atoms with van der Waals surface area (Å²) < 4.78 is 0. The third kappa shape index (κ3) is 5.36. The van der Waals surface area contributed by atoms with Crippen molar-refractivity contribution < 1.29 is 0 Å². The molecule has 0 aromatic heterocycles. The smallest absolute Gasteiger partial charge is 0.00642 e. The van der Waals surface area contributed by atoms with Crippen LogP contribution in [-0.4, -0.2) is 12.1 Å². The van der Waals surface area contributed by atoms with Crippen LogP contribution in [-0.2, 0) is 0 Å². The first-order valence-electron chi connectivity index (χ1n) is 4.94. The molecule has 0 saturated carbocycles. The number of nitrogens with one attached hydrogen (secondary N) is 1.